The van der Waals surface area contributed by atoms with Gasteiger partial charge in [0.2, 0.25) is 5.95 Å². The number of carbonyl (C=O) groups is 2. The van der Waals surface area contributed by atoms with Gasteiger partial charge in [0.1, 0.15) is 27.7 Å². The van der Waals surface area contributed by atoms with Gasteiger partial charge in [0.25, 0.3) is 5.91 Å². The van der Waals surface area contributed by atoms with Crippen molar-refractivity contribution < 1.29 is 19.1 Å². The summed E-state index contributed by atoms with van der Waals surface area (Å²) in [7, 11) is 3.31. The fraction of sp³-hybridized carbons (Fsp3) is 0.206. The largest absolute Gasteiger partial charge is 0.497 e. The Balaban J connectivity index is 1.04. The first-order valence-electron chi connectivity index (χ1n) is 14.6. The van der Waals surface area contributed by atoms with Crippen LogP contribution < -0.4 is 14.8 Å². The molecule has 1 aliphatic heterocycles. The molecule has 2 N–H and O–H groups in total. The number of anilines is 1. The Labute approximate surface area is 263 Å². The number of fused-ring (bicyclic) bond motifs is 3. The topological polar surface area (TPSA) is 122 Å². The number of hydrogen-bond acceptors (Lipinski definition) is 9. The summed E-state index contributed by atoms with van der Waals surface area (Å²) in [5.74, 6) is 1.35. The number of aromatic nitrogens is 4. The molecule has 0 fully saturated rings. The maximum atomic E-state index is 13.5. The molecule has 0 atom stereocenters. The van der Waals surface area contributed by atoms with Gasteiger partial charge in [-0.2, -0.15) is 0 Å². The highest BCUT2D eigenvalue weighted by atomic mass is 32.1. The van der Waals surface area contributed by atoms with Gasteiger partial charge in [-0.3, -0.25) is 24.8 Å². The van der Waals surface area contributed by atoms with Crippen molar-refractivity contribution in [3.8, 4) is 11.5 Å². The second-order valence-electron chi connectivity index (χ2n) is 10.9. The molecule has 45 heavy (non-hydrogen) atoms. The molecule has 226 valence electrons. The van der Waals surface area contributed by atoms with Crippen molar-refractivity contribution >= 4 is 50.8 Å². The normalized spacial score (nSPS) is 13.1. The number of methoxy groups -OCH3 is 2. The average Bonchev–Trinajstić information content (AvgIpc) is 3.67. The summed E-state index contributed by atoms with van der Waals surface area (Å²) in [6.07, 6.45) is 2.67. The lowest BCUT2D eigenvalue weighted by molar-refractivity contribution is 0.0992. The van der Waals surface area contributed by atoms with Gasteiger partial charge in [0, 0.05) is 59.7 Å². The zero-order valence-corrected chi connectivity index (χ0v) is 25.6. The van der Waals surface area contributed by atoms with Crippen LogP contribution in [0.25, 0.3) is 21.8 Å². The number of carbonyl (C=O) groups excluding carboxylic acids is 2. The predicted molar refractivity (Wildman–Crippen MR) is 173 cm³/mol. The highest BCUT2D eigenvalue weighted by Gasteiger charge is 2.24. The molecule has 0 spiro atoms. The number of benzene rings is 3. The molecular weight excluding hydrogens is 588 g/mol. The van der Waals surface area contributed by atoms with E-state index < -0.39 is 0 Å². The van der Waals surface area contributed by atoms with E-state index in [0.717, 1.165) is 64.6 Å². The molecule has 1 amide bonds. The Morgan fingerprint density at radius 1 is 1.00 bits per heavy atom. The lowest BCUT2D eigenvalue weighted by Gasteiger charge is -2.26. The molecule has 0 aliphatic carbocycles. The summed E-state index contributed by atoms with van der Waals surface area (Å²) < 4.78 is 10.9. The van der Waals surface area contributed by atoms with Gasteiger partial charge in [-0.05, 0) is 29.7 Å². The Morgan fingerprint density at radius 2 is 1.87 bits per heavy atom. The third kappa shape index (κ3) is 5.87. The SMILES string of the molecule is COc1ccc(CN2CCc3nc(CC(=O)c4cccc5[nH]c(NC(=O)c6cc7ccccc7cn6)nc45)sc3C2)c(OC)c1. The molecule has 10 nitrogen and oxygen atoms in total. The van der Waals surface area contributed by atoms with Crippen LogP contribution in [0, 0.1) is 0 Å². The van der Waals surface area contributed by atoms with Crippen LogP contribution in [0.2, 0.25) is 0 Å². The number of rotatable bonds is 9. The molecular formula is C34H30N6O4S. The predicted octanol–water partition coefficient (Wildman–Crippen LogP) is 5.82. The smallest absolute Gasteiger partial charge is 0.276 e. The standard InChI is InChI=1S/C34H30N6O4S/c1-43-23-11-10-22(29(15-23)44-2)18-40-13-12-25-30(19-40)45-31(36-25)16-28(41)24-8-5-9-26-32(24)38-34(37-26)39-33(42)27-14-20-6-3-4-7-21(20)17-35-27/h3-11,14-15,17H,12-13,16,18-19H2,1-2H3,(H2,37,38,39,42). The van der Waals surface area contributed by atoms with Crippen molar-refractivity contribution in [2.24, 2.45) is 0 Å². The summed E-state index contributed by atoms with van der Waals surface area (Å²) in [4.78, 5) is 46.8. The number of ether oxygens (including phenoxy) is 2. The van der Waals surface area contributed by atoms with Crippen LogP contribution in [0.4, 0.5) is 5.95 Å². The summed E-state index contributed by atoms with van der Waals surface area (Å²) >= 11 is 1.59. The maximum Gasteiger partial charge on any atom is 0.276 e. The minimum Gasteiger partial charge on any atom is -0.497 e. The third-order valence-electron chi connectivity index (χ3n) is 7.96. The molecule has 0 bridgehead atoms. The lowest BCUT2D eigenvalue weighted by atomic mass is 10.1. The average molecular weight is 619 g/mol. The van der Waals surface area contributed by atoms with Crippen LogP contribution in [0.1, 0.15) is 42.0 Å². The van der Waals surface area contributed by atoms with E-state index in [1.165, 1.54) is 4.88 Å². The van der Waals surface area contributed by atoms with Crippen molar-refractivity contribution in [3.05, 3.63) is 105 Å². The molecule has 0 saturated heterocycles. The van der Waals surface area contributed by atoms with E-state index in [0.29, 0.717) is 16.6 Å². The fourth-order valence-corrected chi connectivity index (χ4v) is 6.82. The number of nitrogens with zero attached hydrogens (tertiary/aromatic N) is 4. The molecule has 3 aromatic carbocycles. The van der Waals surface area contributed by atoms with E-state index in [1.54, 1.807) is 43.9 Å². The van der Waals surface area contributed by atoms with E-state index in [-0.39, 0.29) is 29.8 Å². The molecule has 0 saturated carbocycles. The number of pyridine rings is 1. The van der Waals surface area contributed by atoms with E-state index in [9.17, 15) is 9.59 Å². The number of nitrogens with one attached hydrogen (secondary N) is 2. The number of para-hydroxylation sites is 1. The summed E-state index contributed by atoms with van der Waals surface area (Å²) in [5.41, 5.74) is 4.08. The Hall–Kier alpha value is -5.13. The molecule has 6 aromatic rings. The van der Waals surface area contributed by atoms with Crippen LogP contribution in [-0.4, -0.2) is 57.3 Å². The van der Waals surface area contributed by atoms with Gasteiger partial charge in [-0.1, -0.05) is 36.4 Å². The lowest BCUT2D eigenvalue weighted by Crippen LogP contribution is -2.29. The molecule has 1 aliphatic rings. The van der Waals surface area contributed by atoms with Gasteiger partial charge in [-0.15, -0.1) is 11.3 Å². The van der Waals surface area contributed by atoms with E-state index >= 15 is 0 Å². The van der Waals surface area contributed by atoms with Crippen LogP contribution >= 0.6 is 11.3 Å². The van der Waals surface area contributed by atoms with Crippen LogP contribution in [0.3, 0.4) is 0 Å². The Morgan fingerprint density at radius 3 is 2.71 bits per heavy atom. The molecule has 0 unspecified atom stereocenters. The highest BCUT2D eigenvalue weighted by molar-refractivity contribution is 7.11. The van der Waals surface area contributed by atoms with Gasteiger partial charge < -0.3 is 14.5 Å². The zero-order chi connectivity index (χ0) is 30.9. The first-order chi connectivity index (χ1) is 22.0. The van der Waals surface area contributed by atoms with Gasteiger partial charge in [0.05, 0.1) is 31.9 Å². The number of aromatic amines is 1. The minimum atomic E-state index is -0.388. The number of amides is 1. The second kappa shape index (κ2) is 12.1. The van der Waals surface area contributed by atoms with Gasteiger partial charge in [0.15, 0.2) is 5.78 Å². The van der Waals surface area contributed by atoms with Crippen molar-refractivity contribution in [2.45, 2.75) is 25.9 Å². The number of Topliss-reactive ketones (excluding diaryl/α,β-unsaturated/α-hetero) is 1. The van der Waals surface area contributed by atoms with Crippen molar-refractivity contribution in [2.75, 3.05) is 26.1 Å². The summed E-state index contributed by atoms with van der Waals surface area (Å²) in [6.45, 7) is 2.38. The maximum absolute atomic E-state index is 13.5. The number of imidazole rings is 1. The first-order valence-corrected chi connectivity index (χ1v) is 15.4. The zero-order valence-electron chi connectivity index (χ0n) is 24.8. The van der Waals surface area contributed by atoms with E-state index in [1.807, 2.05) is 54.6 Å². The van der Waals surface area contributed by atoms with E-state index in [4.69, 9.17) is 14.5 Å². The Kier molecular flexibility index (Phi) is 7.70. The number of ketones is 1. The summed E-state index contributed by atoms with van der Waals surface area (Å²) in [5, 5.41) is 5.45. The number of thiazole rings is 1. The number of H-pyrrole nitrogens is 1. The summed E-state index contributed by atoms with van der Waals surface area (Å²) in [6, 6.07) is 20.8. The fourth-order valence-electron chi connectivity index (χ4n) is 5.66. The molecule has 7 rings (SSSR count). The van der Waals surface area contributed by atoms with Gasteiger partial charge >= 0.3 is 0 Å². The third-order valence-corrected chi connectivity index (χ3v) is 9.05. The molecule has 3 aromatic heterocycles. The monoisotopic (exact) mass is 618 g/mol. The van der Waals surface area contributed by atoms with E-state index in [2.05, 4.69) is 25.2 Å². The van der Waals surface area contributed by atoms with Gasteiger partial charge in [-0.25, -0.2) is 9.97 Å². The van der Waals surface area contributed by atoms with Crippen LogP contribution in [-0.2, 0) is 25.9 Å². The molecule has 11 heteroatoms. The quantitative estimate of drug-likeness (QED) is 0.194. The second-order valence-corrected chi connectivity index (χ2v) is 12.0. The first kappa shape index (κ1) is 28.6. The van der Waals surface area contributed by atoms with Crippen molar-refractivity contribution in [3.63, 3.8) is 0 Å². The van der Waals surface area contributed by atoms with Crippen molar-refractivity contribution in [1.82, 2.24) is 24.8 Å². The van der Waals surface area contributed by atoms with Crippen LogP contribution in [0.5, 0.6) is 11.5 Å². The highest BCUT2D eigenvalue weighted by Crippen LogP contribution is 2.31. The molecule has 0 radical (unpaired) electrons. The number of hydrogen-bond donors (Lipinski definition) is 2. The van der Waals surface area contributed by atoms with Crippen molar-refractivity contribution in [1.29, 1.82) is 0 Å². The Bertz CT molecular complexity index is 2070. The molecule has 4 heterocycles. The minimum absolute atomic E-state index is 0.0768. The van der Waals surface area contributed by atoms with Crippen LogP contribution in [0.15, 0.2) is 72.9 Å².